The minimum absolute atomic E-state index is 0.225. The Morgan fingerprint density at radius 3 is 2.94 bits per heavy atom. The molecule has 0 bridgehead atoms. The number of amides is 1. The molecule has 1 aromatic heterocycles. The number of hydrogen-bond donors (Lipinski definition) is 4. The lowest BCUT2D eigenvalue weighted by atomic mass is 10.2. The number of pyridine rings is 1. The van der Waals surface area contributed by atoms with Crippen molar-refractivity contribution in [2.45, 2.75) is 19.4 Å². The van der Waals surface area contributed by atoms with Gasteiger partial charge in [-0.2, -0.15) is 0 Å². The highest BCUT2D eigenvalue weighted by atomic mass is 16.3. The van der Waals surface area contributed by atoms with Crippen LogP contribution in [0.5, 0.6) is 0 Å². The highest BCUT2D eigenvalue weighted by Crippen LogP contribution is 2.14. The van der Waals surface area contributed by atoms with Crippen molar-refractivity contribution in [3.8, 4) is 0 Å². The van der Waals surface area contributed by atoms with E-state index in [1.807, 2.05) is 6.92 Å². The topological polar surface area (TPSA) is 114 Å². The summed E-state index contributed by atoms with van der Waals surface area (Å²) in [5, 5.41) is 12.2. The van der Waals surface area contributed by atoms with Gasteiger partial charge in [-0.15, -0.1) is 0 Å². The van der Waals surface area contributed by atoms with Crippen LogP contribution in [0.3, 0.4) is 0 Å². The molecule has 1 heterocycles. The Hall–Kier alpha value is -1.82. The third kappa shape index (κ3) is 3.09. The number of nitrogens with one attached hydrogen (secondary N) is 1. The molecule has 0 aliphatic heterocycles. The van der Waals surface area contributed by atoms with E-state index in [9.17, 15) is 9.90 Å². The first kappa shape index (κ1) is 12.3. The summed E-state index contributed by atoms with van der Waals surface area (Å²) in [5.74, 6) is -0.262. The van der Waals surface area contributed by atoms with Crippen LogP contribution in [0.4, 0.5) is 11.5 Å². The van der Waals surface area contributed by atoms with Crippen molar-refractivity contribution < 1.29 is 9.90 Å². The van der Waals surface area contributed by atoms with Gasteiger partial charge in [-0.25, -0.2) is 4.98 Å². The number of carbonyl (C=O) groups is 1. The van der Waals surface area contributed by atoms with Gasteiger partial charge in [-0.3, -0.25) is 4.79 Å². The van der Waals surface area contributed by atoms with Crippen molar-refractivity contribution >= 4 is 17.4 Å². The average Bonchev–Trinajstić information content (AvgIpc) is 2.26. The molecule has 6 nitrogen and oxygen atoms in total. The molecule has 0 fully saturated rings. The first-order valence-electron chi connectivity index (χ1n) is 5.01. The molecule has 6 heteroatoms. The van der Waals surface area contributed by atoms with Crippen molar-refractivity contribution in [1.82, 2.24) is 4.98 Å². The van der Waals surface area contributed by atoms with Crippen LogP contribution in [0.25, 0.3) is 0 Å². The van der Waals surface area contributed by atoms with Gasteiger partial charge in [0.05, 0.1) is 23.6 Å². The number of nitrogens with two attached hydrogens (primary N) is 2. The maximum absolute atomic E-state index is 11.1. The second kappa shape index (κ2) is 5.32. The van der Waals surface area contributed by atoms with Gasteiger partial charge in [-0.05, 0) is 12.5 Å². The highest BCUT2D eigenvalue weighted by Gasteiger charge is 2.11. The van der Waals surface area contributed by atoms with E-state index in [-0.39, 0.29) is 5.56 Å². The van der Waals surface area contributed by atoms with Crippen molar-refractivity contribution in [1.29, 1.82) is 0 Å². The molecule has 1 rings (SSSR count). The second-order valence-electron chi connectivity index (χ2n) is 3.47. The Morgan fingerprint density at radius 1 is 1.69 bits per heavy atom. The number of nitrogen functional groups attached to an aromatic ring is 1. The summed E-state index contributed by atoms with van der Waals surface area (Å²) in [5.41, 5.74) is 11.3. The number of aliphatic hydroxyl groups excluding tert-OH is 1. The number of hydrogen-bond acceptors (Lipinski definition) is 5. The van der Waals surface area contributed by atoms with Crippen LogP contribution in [-0.2, 0) is 0 Å². The molecule has 6 N–H and O–H groups in total. The first-order valence-corrected chi connectivity index (χ1v) is 5.01. The van der Waals surface area contributed by atoms with Gasteiger partial charge in [0, 0.05) is 6.54 Å². The lowest BCUT2D eigenvalue weighted by molar-refractivity contribution is 0.100. The van der Waals surface area contributed by atoms with Crippen LogP contribution in [0.1, 0.15) is 23.7 Å². The standard InChI is InChI=1S/C10H16N4O2/c1-2-7(15)5-14-10-8(9(12)16)3-6(11)4-13-10/h3-4,7,15H,2,5,11H2,1H3,(H2,12,16)(H,13,14). The number of carbonyl (C=O) groups excluding carboxylic acids is 1. The van der Waals surface area contributed by atoms with E-state index < -0.39 is 12.0 Å². The fraction of sp³-hybridized carbons (Fsp3) is 0.400. The van der Waals surface area contributed by atoms with E-state index in [4.69, 9.17) is 11.5 Å². The number of aromatic nitrogens is 1. The van der Waals surface area contributed by atoms with Crippen LogP contribution in [-0.4, -0.2) is 28.6 Å². The zero-order valence-electron chi connectivity index (χ0n) is 9.10. The third-order valence-electron chi connectivity index (χ3n) is 2.15. The Morgan fingerprint density at radius 2 is 2.38 bits per heavy atom. The SMILES string of the molecule is CCC(O)CNc1ncc(N)cc1C(N)=O. The van der Waals surface area contributed by atoms with Crippen LogP contribution in [0, 0.1) is 0 Å². The highest BCUT2D eigenvalue weighted by molar-refractivity contribution is 5.98. The van der Waals surface area contributed by atoms with E-state index >= 15 is 0 Å². The summed E-state index contributed by atoms with van der Waals surface area (Å²) in [7, 11) is 0. The molecule has 88 valence electrons. The molecule has 1 unspecified atom stereocenters. The van der Waals surface area contributed by atoms with Gasteiger partial charge in [-0.1, -0.05) is 6.92 Å². The van der Waals surface area contributed by atoms with Gasteiger partial charge in [0.15, 0.2) is 0 Å². The molecule has 0 saturated carbocycles. The summed E-state index contributed by atoms with van der Waals surface area (Å²) in [6, 6.07) is 1.45. The minimum Gasteiger partial charge on any atom is -0.397 e. The molecular weight excluding hydrogens is 208 g/mol. The zero-order valence-corrected chi connectivity index (χ0v) is 9.10. The number of rotatable bonds is 5. The predicted octanol–water partition coefficient (Wildman–Crippen LogP) is -0.0545. The molecule has 0 aliphatic carbocycles. The lowest BCUT2D eigenvalue weighted by Gasteiger charge is -2.12. The summed E-state index contributed by atoms with van der Waals surface area (Å²) in [4.78, 5) is 15.1. The minimum atomic E-state index is -0.603. The Bertz CT molecular complexity index is 381. The van der Waals surface area contributed by atoms with Gasteiger partial charge in [0.2, 0.25) is 0 Å². The third-order valence-corrected chi connectivity index (χ3v) is 2.15. The maximum Gasteiger partial charge on any atom is 0.252 e. The predicted molar refractivity (Wildman–Crippen MR) is 62.0 cm³/mol. The van der Waals surface area contributed by atoms with E-state index in [2.05, 4.69) is 10.3 Å². The van der Waals surface area contributed by atoms with Crippen LogP contribution in [0.2, 0.25) is 0 Å². The van der Waals surface area contributed by atoms with Crippen LogP contribution in [0.15, 0.2) is 12.3 Å². The largest absolute Gasteiger partial charge is 0.397 e. The van der Waals surface area contributed by atoms with E-state index in [0.717, 1.165) is 0 Å². The average molecular weight is 224 g/mol. The summed E-state index contributed by atoms with van der Waals surface area (Å²) >= 11 is 0. The number of primary amides is 1. The smallest absolute Gasteiger partial charge is 0.252 e. The van der Waals surface area contributed by atoms with Crippen LogP contribution >= 0.6 is 0 Å². The van der Waals surface area contributed by atoms with Gasteiger partial charge in [0.1, 0.15) is 5.82 Å². The zero-order chi connectivity index (χ0) is 12.1. The molecular formula is C10H16N4O2. The molecule has 0 aliphatic rings. The normalized spacial score (nSPS) is 12.1. The lowest BCUT2D eigenvalue weighted by Crippen LogP contribution is -2.22. The molecule has 1 amide bonds. The van der Waals surface area contributed by atoms with E-state index in [1.165, 1.54) is 12.3 Å². The van der Waals surface area contributed by atoms with E-state index in [0.29, 0.717) is 24.5 Å². The first-order chi connectivity index (χ1) is 7.54. The van der Waals surface area contributed by atoms with Crippen LogP contribution < -0.4 is 16.8 Å². The van der Waals surface area contributed by atoms with Gasteiger partial charge < -0.3 is 21.9 Å². The number of nitrogens with zero attached hydrogens (tertiary/aromatic N) is 1. The van der Waals surface area contributed by atoms with Gasteiger partial charge >= 0.3 is 0 Å². The summed E-state index contributed by atoms with van der Waals surface area (Å²) in [6.45, 7) is 2.17. The molecule has 1 aromatic rings. The van der Waals surface area contributed by atoms with Crippen molar-refractivity contribution in [3.63, 3.8) is 0 Å². The molecule has 1 atom stereocenters. The Labute approximate surface area is 93.7 Å². The fourth-order valence-electron chi connectivity index (χ4n) is 1.17. The van der Waals surface area contributed by atoms with Crippen molar-refractivity contribution in [3.05, 3.63) is 17.8 Å². The molecule has 0 radical (unpaired) electrons. The maximum atomic E-state index is 11.1. The molecule has 0 spiro atoms. The fourth-order valence-corrected chi connectivity index (χ4v) is 1.17. The monoisotopic (exact) mass is 224 g/mol. The molecule has 0 saturated heterocycles. The molecule has 0 aromatic carbocycles. The van der Waals surface area contributed by atoms with E-state index in [1.54, 1.807) is 0 Å². The Kier molecular flexibility index (Phi) is 4.07. The summed E-state index contributed by atoms with van der Waals surface area (Å²) < 4.78 is 0. The van der Waals surface area contributed by atoms with Crippen molar-refractivity contribution in [2.75, 3.05) is 17.6 Å². The second-order valence-corrected chi connectivity index (χ2v) is 3.47. The van der Waals surface area contributed by atoms with Gasteiger partial charge in [0.25, 0.3) is 5.91 Å². The Balaban J connectivity index is 2.82. The number of anilines is 2. The van der Waals surface area contributed by atoms with Crippen molar-refractivity contribution in [2.24, 2.45) is 5.73 Å². The quantitative estimate of drug-likeness (QED) is 0.559. The summed E-state index contributed by atoms with van der Waals surface area (Å²) in [6.07, 6.45) is 1.56. The number of aliphatic hydroxyl groups is 1. The molecule has 16 heavy (non-hydrogen) atoms.